The first-order valence-corrected chi connectivity index (χ1v) is 6.35. The lowest BCUT2D eigenvalue weighted by Crippen LogP contribution is -2.43. The molecular formula is C11H22BrNO2. The molecule has 0 saturated carbocycles. The van der Waals surface area contributed by atoms with E-state index in [0.29, 0.717) is 5.92 Å². The number of rotatable bonds is 6. The van der Waals surface area contributed by atoms with Gasteiger partial charge >= 0.3 is 0 Å². The van der Waals surface area contributed by atoms with Crippen LogP contribution in [0.3, 0.4) is 0 Å². The largest absolute Gasteiger partial charge is 0.394 e. The number of carbonyl (C=O) groups is 1. The monoisotopic (exact) mass is 279 g/mol. The lowest BCUT2D eigenvalue weighted by atomic mass is 10.0. The Hall–Kier alpha value is -0.0900. The molecule has 0 aromatic heterocycles. The standard InChI is InChI=1S/C11H22BrNO2/c1-7(2)5-9(6-14)13-11(15)10(12)8(3)4/h7-10,14H,5-6H2,1-4H3,(H,13,15). The average molecular weight is 280 g/mol. The molecule has 2 atom stereocenters. The van der Waals surface area contributed by atoms with Gasteiger partial charge in [0.1, 0.15) is 0 Å². The smallest absolute Gasteiger partial charge is 0.234 e. The van der Waals surface area contributed by atoms with Crippen molar-refractivity contribution in [3.8, 4) is 0 Å². The van der Waals surface area contributed by atoms with Crippen LogP contribution in [-0.4, -0.2) is 28.5 Å². The number of aliphatic hydroxyl groups is 1. The van der Waals surface area contributed by atoms with Gasteiger partial charge in [0.2, 0.25) is 5.91 Å². The van der Waals surface area contributed by atoms with Crippen LogP contribution in [0, 0.1) is 11.8 Å². The van der Waals surface area contributed by atoms with E-state index in [-0.39, 0.29) is 29.3 Å². The van der Waals surface area contributed by atoms with E-state index in [1.807, 2.05) is 13.8 Å². The van der Waals surface area contributed by atoms with Crippen LogP contribution in [0.4, 0.5) is 0 Å². The van der Waals surface area contributed by atoms with Gasteiger partial charge in [0.05, 0.1) is 17.5 Å². The number of nitrogens with one attached hydrogen (secondary N) is 1. The van der Waals surface area contributed by atoms with Crippen LogP contribution < -0.4 is 5.32 Å². The van der Waals surface area contributed by atoms with Crippen molar-refractivity contribution >= 4 is 21.8 Å². The predicted molar refractivity (Wildman–Crippen MR) is 66.0 cm³/mol. The zero-order valence-corrected chi connectivity index (χ0v) is 11.5. The van der Waals surface area contributed by atoms with Crippen molar-refractivity contribution in [2.75, 3.05) is 6.61 Å². The van der Waals surface area contributed by atoms with Crippen molar-refractivity contribution in [1.82, 2.24) is 5.32 Å². The van der Waals surface area contributed by atoms with Gasteiger partial charge in [-0.15, -0.1) is 0 Å². The molecule has 0 radical (unpaired) electrons. The molecule has 1 amide bonds. The van der Waals surface area contributed by atoms with Gasteiger partial charge in [-0.3, -0.25) is 4.79 Å². The van der Waals surface area contributed by atoms with Gasteiger partial charge in [-0.2, -0.15) is 0 Å². The second kappa shape index (κ2) is 7.23. The molecule has 2 N–H and O–H groups in total. The van der Waals surface area contributed by atoms with E-state index in [1.54, 1.807) is 0 Å². The van der Waals surface area contributed by atoms with Gasteiger partial charge in [0.25, 0.3) is 0 Å². The maximum absolute atomic E-state index is 11.7. The molecule has 15 heavy (non-hydrogen) atoms. The van der Waals surface area contributed by atoms with E-state index in [1.165, 1.54) is 0 Å². The molecule has 4 heteroatoms. The van der Waals surface area contributed by atoms with Crippen molar-refractivity contribution in [1.29, 1.82) is 0 Å². The Bertz CT molecular complexity index is 195. The van der Waals surface area contributed by atoms with E-state index in [4.69, 9.17) is 5.11 Å². The Balaban J connectivity index is 4.12. The molecule has 0 saturated heterocycles. The Labute approximate surface area is 101 Å². The van der Waals surface area contributed by atoms with Gasteiger partial charge in [0.15, 0.2) is 0 Å². The Morgan fingerprint density at radius 2 is 1.87 bits per heavy atom. The molecule has 0 aliphatic heterocycles. The summed E-state index contributed by atoms with van der Waals surface area (Å²) in [5.41, 5.74) is 0. The highest BCUT2D eigenvalue weighted by molar-refractivity contribution is 9.10. The SMILES string of the molecule is CC(C)CC(CO)NC(=O)C(Br)C(C)C. The van der Waals surface area contributed by atoms with Crippen molar-refractivity contribution in [2.45, 2.75) is 45.0 Å². The quantitative estimate of drug-likeness (QED) is 0.730. The minimum absolute atomic E-state index is 0.00172. The summed E-state index contributed by atoms with van der Waals surface area (Å²) in [7, 11) is 0. The van der Waals surface area contributed by atoms with Gasteiger partial charge in [0, 0.05) is 0 Å². The third-order valence-electron chi connectivity index (χ3n) is 2.16. The van der Waals surface area contributed by atoms with Crippen molar-refractivity contribution < 1.29 is 9.90 Å². The normalized spacial score (nSPS) is 15.5. The van der Waals surface area contributed by atoms with Crippen LogP contribution in [0.15, 0.2) is 0 Å². The molecule has 0 heterocycles. The first kappa shape index (κ1) is 14.9. The van der Waals surface area contributed by atoms with Crippen molar-refractivity contribution in [3.05, 3.63) is 0 Å². The molecule has 2 unspecified atom stereocenters. The summed E-state index contributed by atoms with van der Waals surface area (Å²) in [6, 6.07) is -0.128. The number of amides is 1. The zero-order valence-electron chi connectivity index (χ0n) is 9.96. The molecule has 0 aromatic rings. The minimum atomic E-state index is -0.182. The first-order valence-electron chi connectivity index (χ1n) is 5.43. The molecule has 0 aromatic carbocycles. The van der Waals surface area contributed by atoms with Crippen molar-refractivity contribution in [3.63, 3.8) is 0 Å². The molecule has 0 aliphatic carbocycles. The van der Waals surface area contributed by atoms with Gasteiger partial charge in [-0.1, -0.05) is 43.6 Å². The number of carbonyl (C=O) groups excluding carboxylic acids is 1. The van der Waals surface area contributed by atoms with Crippen LogP contribution in [0.5, 0.6) is 0 Å². The molecular weight excluding hydrogens is 258 g/mol. The first-order chi connectivity index (χ1) is 6.88. The summed E-state index contributed by atoms with van der Waals surface area (Å²) >= 11 is 3.34. The third kappa shape index (κ3) is 6.15. The molecule has 0 spiro atoms. The van der Waals surface area contributed by atoms with Crippen molar-refractivity contribution in [2.24, 2.45) is 11.8 Å². The molecule has 0 fully saturated rings. The van der Waals surface area contributed by atoms with E-state index < -0.39 is 0 Å². The molecule has 0 aliphatic rings. The van der Waals surface area contributed by atoms with E-state index in [2.05, 4.69) is 35.1 Å². The van der Waals surface area contributed by atoms with E-state index in [0.717, 1.165) is 6.42 Å². The summed E-state index contributed by atoms with van der Waals surface area (Å²) < 4.78 is 0. The maximum atomic E-state index is 11.7. The number of hydrogen-bond acceptors (Lipinski definition) is 2. The number of alkyl halides is 1. The summed E-state index contributed by atoms with van der Waals surface area (Å²) in [4.78, 5) is 11.5. The minimum Gasteiger partial charge on any atom is -0.394 e. The second-order valence-electron chi connectivity index (χ2n) is 4.66. The molecule has 0 rings (SSSR count). The molecule has 0 bridgehead atoms. The lowest BCUT2D eigenvalue weighted by molar-refractivity contribution is -0.122. The summed E-state index contributed by atoms with van der Waals surface area (Å²) in [6.45, 7) is 8.11. The Morgan fingerprint density at radius 1 is 1.33 bits per heavy atom. The topological polar surface area (TPSA) is 49.3 Å². The maximum Gasteiger partial charge on any atom is 0.234 e. The van der Waals surface area contributed by atoms with Gasteiger partial charge in [-0.25, -0.2) is 0 Å². The highest BCUT2D eigenvalue weighted by Crippen LogP contribution is 2.13. The number of aliphatic hydroxyl groups excluding tert-OH is 1. The number of hydrogen-bond donors (Lipinski definition) is 2. The fourth-order valence-electron chi connectivity index (χ4n) is 1.33. The lowest BCUT2D eigenvalue weighted by Gasteiger charge is -2.21. The van der Waals surface area contributed by atoms with Crippen LogP contribution >= 0.6 is 15.9 Å². The summed E-state index contributed by atoms with van der Waals surface area (Å²) in [5.74, 6) is 0.684. The van der Waals surface area contributed by atoms with E-state index in [9.17, 15) is 4.79 Å². The number of halogens is 1. The predicted octanol–water partition coefficient (Wildman–Crippen LogP) is 1.93. The fraction of sp³-hybridized carbons (Fsp3) is 0.909. The fourth-order valence-corrected chi connectivity index (χ4v) is 1.46. The summed E-state index contributed by atoms with van der Waals surface area (Å²) in [5, 5.41) is 12.0. The zero-order chi connectivity index (χ0) is 12.0. The second-order valence-corrected chi connectivity index (χ2v) is 5.65. The van der Waals surface area contributed by atoms with Gasteiger partial charge < -0.3 is 10.4 Å². The van der Waals surface area contributed by atoms with Crippen LogP contribution in [-0.2, 0) is 4.79 Å². The highest BCUT2D eigenvalue weighted by Gasteiger charge is 2.21. The van der Waals surface area contributed by atoms with Crippen LogP contribution in [0.25, 0.3) is 0 Å². The van der Waals surface area contributed by atoms with Gasteiger partial charge in [-0.05, 0) is 18.3 Å². The molecule has 90 valence electrons. The average Bonchev–Trinajstić information content (AvgIpc) is 2.14. The Morgan fingerprint density at radius 3 is 2.20 bits per heavy atom. The Kier molecular flexibility index (Phi) is 7.18. The van der Waals surface area contributed by atoms with E-state index >= 15 is 0 Å². The highest BCUT2D eigenvalue weighted by atomic mass is 79.9. The van der Waals surface area contributed by atoms with Crippen LogP contribution in [0.1, 0.15) is 34.1 Å². The third-order valence-corrected chi connectivity index (χ3v) is 3.63. The van der Waals surface area contributed by atoms with Crippen LogP contribution in [0.2, 0.25) is 0 Å². The molecule has 3 nitrogen and oxygen atoms in total. The summed E-state index contributed by atoms with van der Waals surface area (Å²) in [6.07, 6.45) is 0.806.